The molecule has 9 heteroatoms. The van der Waals surface area contributed by atoms with Gasteiger partial charge in [-0.15, -0.1) is 5.10 Å². The number of nitrogens with zero attached hydrogens (tertiary/aromatic N) is 4. The van der Waals surface area contributed by atoms with Crippen LogP contribution in [0.1, 0.15) is 5.82 Å². The number of thioether (sulfide) groups is 1. The molecule has 1 N–H and O–H groups in total. The summed E-state index contributed by atoms with van der Waals surface area (Å²) in [5, 5.41) is 11.6. The van der Waals surface area contributed by atoms with E-state index >= 15 is 0 Å². The summed E-state index contributed by atoms with van der Waals surface area (Å²) in [7, 11) is 1.62. The fraction of sp³-hybridized carbons (Fsp3) is 0.111. The Bertz CT molecular complexity index is 1030. The molecule has 0 fully saturated rings. The van der Waals surface area contributed by atoms with Gasteiger partial charge in [0.05, 0.1) is 12.9 Å². The summed E-state index contributed by atoms with van der Waals surface area (Å²) in [6, 6.07) is 13.4. The molecule has 4 aromatic rings. The molecule has 0 aliphatic rings. The Morgan fingerprint density at radius 1 is 1.04 bits per heavy atom. The Morgan fingerprint density at radius 3 is 2.52 bits per heavy atom. The molecule has 0 aliphatic heterocycles. The molecule has 4 rings (SSSR count). The van der Waals surface area contributed by atoms with E-state index in [0.717, 1.165) is 11.3 Å². The maximum atomic E-state index is 13.0. The molecule has 0 spiro atoms. The Hall–Kier alpha value is -3.20. The zero-order chi connectivity index (χ0) is 18.6. The normalized spacial score (nSPS) is 10.9. The summed E-state index contributed by atoms with van der Waals surface area (Å²) < 4.78 is 23.3. The molecule has 7 nitrogen and oxygen atoms in total. The first-order valence-electron chi connectivity index (χ1n) is 7.99. The minimum Gasteiger partial charge on any atom is -0.497 e. The van der Waals surface area contributed by atoms with Gasteiger partial charge in [0.15, 0.2) is 11.6 Å². The number of methoxy groups -OCH3 is 1. The Kier molecular flexibility index (Phi) is 4.84. The number of benzene rings is 2. The van der Waals surface area contributed by atoms with E-state index in [1.54, 1.807) is 19.2 Å². The van der Waals surface area contributed by atoms with Crippen LogP contribution in [0.25, 0.3) is 22.8 Å². The summed E-state index contributed by atoms with van der Waals surface area (Å²) in [6.07, 6.45) is 0. The number of rotatable bonds is 6. The summed E-state index contributed by atoms with van der Waals surface area (Å²) in [5.41, 5.74) is 1.58. The van der Waals surface area contributed by atoms with Gasteiger partial charge < -0.3 is 9.26 Å². The summed E-state index contributed by atoms with van der Waals surface area (Å²) in [6.45, 7) is 0. The van der Waals surface area contributed by atoms with Crippen molar-refractivity contribution in [1.82, 2.24) is 25.3 Å². The van der Waals surface area contributed by atoms with Crippen molar-refractivity contribution >= 4 is 11.8 Å². The van der Waals surface area contributed by atoms with Crippen LogP contribution in [0.2, 0.25) is 0 Å². The van der Waals surface area contributed by atoms with Crippen LogP contribution in [-0.2, 0) is 5.75 Å². The summed E-state index contributed by atoms with van der Waals surface area (Å²) in [4.78, 5) is 8.76. The van der Waals surface area contributed by atoms with Crippen LogP contribution in [0, 0.1) is 5.82 Å². The number of H-pyrrole nitrogens is 1. The molecule has 0 aliphatic carbocycles. The van der Waals surface area contributed by atoms with Gasteiger partial charge in [-0.3, -0.25) is 5.10 Å². The van der Waals surface area contributed by atoms with E-state index < -0.39 is 0 Å². The van der Waals surface area contributed by atoms with Crippen LogP contribution in [-0.4, -0.2) is 32.4 Å². The zero-order valence-corrected chi connectivity index (χ0v) is 15.0. The minimum absolute atomic E-state index is 0.314. The third-order valence-electron chi connectivity index (χ3n) is 3.72. The molecule has 0 atom stereocenters. The lowest BCUT2D eigenvalue weighted by Crippen LogP contribution is -1.86. The number of hydrogen-bond donors (Lipinski definition) is 1. The number of ether oxygens (including phenoxy) is 1. The van der Waals surface area contributed by atoms with Gasteiger partial charge in [0.1, 0.15) is 11.6 Å². The lowest BCUT2D eigenvalue weighted by atomic mass is 10.2. The van der Waals surface area contributed by atoms with Crippen molar-refractivity contribution in [1.29, 1.82) is 0 Å². The maximum Gasteiger partial charge on any atom is 0.257 e. The van der Waals surface area contributed by atoms with Crippen LogP contribution in [0.5, 0.6) is 5.75 Å². The van der Waals surface area contributed by atoms with Crippen molar-refractivity contribution in [3.05, 3.63) is 60.2 Å². The number of nitrogens with one attached hydrogen (secondary N) is 1. The molecule has 2 aromatic carbocycles. The van der Waals surface area contributed by atoms with Crippen LogP contribution in [0.4, 0.5) is 4.39 Å². The number of hydrogen-bond acceptors (Lipinski definition) is 7. The summed E-state index contributed by atoms with van der Waals surface area (Å²) >= 11 is 1.38. The topological polar surface area (TPSA) is 89.7 Å². The van der Waals surface area contributed by atoms with Crippen molar-refractivity contribution in [2.45, 2.75) is 10.9 Å². The molecule has 2 aromatic heterocycles. The quantitative estimate of drug-likeness (QED) is 0.504. The van der Waals surface area contributed by atoms with Crippen LogP contribution in [0.15, 0.2) is 58.2 Å². The third-order valence-corrected chi connectivity index (χ3v) is 4.56. The Morgan fingerprint density at radius 2 is 1.78 bits per heavy atom. The molecule has 136 valence electrons. The molecule has 0 unspecified atom stereocenters. The summed E-state index contributed by atoms with van der Waals surface area (Å²) in [5.74, 6) is 2.44. The van der Waals surface area contributed by atoms with Crippen molar-refractivity contribution in [3.8, 4) is 28.6 Å². The highest BCUT2D eigenvalue weighted by molar-refractivity contribution is 7.98. The maximum absolute atomic E-state index is 13.0. The number of aromatic amines is 1. The minimum atomic E-state index is -0.314. The van der Waals surface area contributed by atoms with Gasteiger partial charge in [-0.2, -0.15) is 4.98 Å². The first-order chi connectivity index (χ1) is 13.2. The second kappa shape index (κ2) is 7.58. The lowest BCUT2D eigenvalue weighted by Gasteiger charge is -1.99. The van der Waals surface area contributed by atoms with Crippen molar-refractivity contribution in [3.63, 3.8) is 0 Å². The van der Waals surface area contributed by atoms with Crippen LogP contribution in [0.3, 0.4) is 0 Å². The predicted octanol–water partition coefficient (Wildman–Crippen LogP) is 3.96. The van der Waals surface area contributed by atoms with Gasteiger partial charge in [0, 0.05) is 11.1 Å². The van der Waals surface area contributed by atoms with Crippen molar-refractivity contribution in [2.24, 2.45) is 0 Å². The van der Waals surface area contributed by atoms with Gasteiger partial charge in [-0.25, -0.2) is 9.37 Å². The molecule has 2 heterocycles. The molecule has 0 saturated carbocycles. The predicted molar refractivity (Wildman–Crippen MR) is 97.6 cm³/mol. The molecule has 0 amide bonds. The van der Waals surface area contributed by atoms with Crippen molar-refractivity contribution in [2.75, 3.05) is 7.11 Å². The van der Waals surface area contributed by atoms with Gasteiger partial charge in [0.25, 0.3) is 5.89 Å². The molecule has 0 radical (unpaired) electrons. The van der Waals surface area contributed by atoms with E-state index in [2.05, 4.69) is 25.3 Å². The van der Waals surface area contributed by atoms with Crippen LogP contribution >= 0.6 is 11.8 Å². The second-order valence-corrected chi connectivity index (χ2v) is 6.45. The first-order valence-corrected chi connectivity index (χ1v) is 8.98. The Balaban J connectivity index is 1.40. The number of aromatic nitrogens is 5. The largest absolute Gasteiger partial charge is 0.497 e. The monoisotopic (exact) mass is 383 g/mol. The fourth-order valence-corrected chi connectivity index (χ4v) is 2.98. The van der Waals surface area contributed by atoms with E-state index in [0.29, 0.717) is 34.0 Å². The fourth-order valence-electron chi connectivity index (χ4n) is 2.34. The SMILES string of the molecule is COc1ccc(-c2nc(SCc3noc(-c4ccc(F)cc4)n3)n[nH]2)cc1. The zero-order valence-electron chi connectivity index (χ0n) is 14.2. The average Bonchev–Trinajstić information content (AvgIpc) is 3.37. The van der Waals surface area contributed by atoms with E-state index in [4.69, 9.17) is 9.26 Å². The van der Waals surface area contributed by atoms with E-state index in [1.165, 1.54) is 23.9 Å². The molecule has 0 saturated heterocycles. The first kappa shape index (κ1) is 17.2. The van der Waals surface area contributed by atoms with Gasteiger partial charge in [-0.05, 0) is 48.5 Å². The second-order valence-electron chi connectivity index (χ2n) is 5.51. The van der Waals surface area contributed by atoms with E-state index in [9.17, 15) is 4.39 Å². The third kappa shape index (κ3) is 3.98. The van der Waals surface area contributed by atoms with Crippen LogP contribution < -0.4 is 4.74 Å². The lowest BCUT2D eigenvalue weighted by molar-refractivity contribution is 0.415. The molecular formula is C18H14FN5O2S. The number of halogens is 1. The molecule has 0 bridgehead atoms. The highest BCUT2D eigenvalue weighted by Gasteiger charge is 2.12. The van der Waals surface area contributed by atoms with Gasteiger partial charge in [-0.1, -0.05) is 16.9 Å². The van der Waals surface area contributed by atoms with Gasteiger partial charge in [0.2, 0.25) is 5.16 Å². The standard InChI is InChI=1S/C18H14FN5O2S/c1-25-14-8-4-11(5-9-14)16-21-18(23-22-16)27-10-15-20-17(26-24-15)12-2-6-13(19)7-3-12/h2-9H,10H2,1H3,(H,21,22,23). The highest BCUT2D eigenvalue weighted by atomic mass is 32.2. The molecule has 27 heavy (non-hydrogen) atoms. The molecular weight excluding hydrogens is 369 g/mol. The smallest absolute Gasteiger partial charge is 0.257 e. The van der Waals surface area contributed by atoms with Gasteiger partial charge >= 0.3 is 0 Å². The van der Waals surface area contributed by atoms with E-state index in [1.807, 2.05) is 24.3 Å². The van der Waals surface area contributed by atoms with E-state index in [-0.39, 0.29) is 5.82 Å². The highest BCUT2D eigenvalue weighted by Crippen LogP contribution is 2.24. The Labute approximate surface area is 158 Å². The van der Waals surface area contributed by atoms with Crippen molar-refractivity contribution < 1.29 is 13.7 Å². The average molecular weight is 383 g/mol.